The summed E-state index contributed by atoms with van der Waals surface area (Å²) in [5, 5.41) is 14.8. The van der Waals surface area contributed by atoms with Crippen molar-refractivity contribution < 1.29 is 14.7 Å². The average molecular weight is 457 g/mol. The fourth-order valence-corrected chi connectivity index (χ4v) is 4.75. The van der Waals surface area contributed by atoms with Gasteiger partial charge in [0.15, 0.2) is 0 Å². The Labute approximate surface area is 193 Å². The highest BCUT2D eigenvalue weighted by molar-refractivity contribution is 7.21. The number of H-pyrrole nitrogens is 1. The Bertz CT molecular complexity index is 1530. The molecule has 0 spiro atoms. The smallest absolute Gasteiger partial charge is 0.265 e. The Hall–Kier alpha value is -4.17. The minimum absolute atomic E-state index is 0.0933. The first-order valence-corrected chi connectivity index (χ1v) is 11.0. The van der Waals surface area contributed by atoms with Crippen molar-refractivity contribution >= 4 is 50.0 Å². The van der Waals surface area contributed by atoms with Crippen molar-refractivity contribution in [2.45, 2.75) is 0 Å². The van der Waals surface area contributed by atoms with Crippen LogP contribution in [-0.2, 0) is 0 Å². The van der Waals surface area contributed by atoms with E-state index in [2.05, 4.69) is 21.4 Å². The predicted molar refractivity (Wildman–Crippen MR) is 131 cm³/mol. The quantitative estimate of drug-likeness (QED) is 0.350. The monoisotopic (exact) mass is 456 g/mol. The van der Waals surface area contributed by atoms with Gasteiger partial charge in [0.05, 0.1) is 4.88 Å². The second-order valence-electron chi connectivity index (χ2n) is 7.89. The van der Waals surface area contributed by atoms with Gasteiger partial charge in [-0.3, -0.25) is 9.59 Å². The molecule has 0 aliphatic carbocycles. The lowest BCUT2D eigenvalue weighted by Gasteiger charge is -2.12. The van der Waals surface area contributed by atoms with Gasteiger partial charge >= 0.3 is 0 Å². The van der Waals surface area contributed by atoms with Crippen LogP contribution in [0.25, 0.3) is 32.2 Å². The highest BCUT2D eigenvalue weighted by atomic mass is 32.1. The first-order chi connectivity index (χ1) is 15.9. The van der Waals surface area contributed by atoms with Crippen LogP contribution in [0.5, 0.6) is 5.75 Å². The molecular formula is C25H20N4O3S. The van der Waals surface area contributed by atoms with E-state index in [9.17, 15) is 14.7 Å². The largest absolute Gasteiger partial charge is 0.508 e. The molecular weight excluding hydrogens is 436 g/mol. The maximum atomic E-state index is 13.0. The molecule has 7 nitrogen and oxygen atoms in total. The molecule has 0 fully saturated rings. The van der Waals surface area contributed by atoms with E-state index in [1.807, 2.05) is 42.7 Å². The van der Waals surface area contributed by atoms with E-state index in [0.29, 0.717) is 16.1 Å². The lowest BCUT2D eigenvalue weighted by Crippen LogP contribution is -2.21. The minimum Gasteiger partial charge on any atom is -0.508 e. The Morgan fingerprint density at radius 3 is 2.76 bits per heavy atom. The van der Waals surface area contributed by atoms with Gasteiger partial charge in [0.1, 0.15) is 11.4 Å². The number of carbonyl (C=O) groups excluding carboxylic acids is 2. The molecule has 0 aliphatic heterocycles. The average Bonchev–Trinajstić information content (AvgIpc) is 3.44. The van der Waals surface area contributed by atoms with E-state index in [1.165, 1.54) is 28.4 Å². The van der Waals surface area contributed by atoms with Crippen molar-refractivity contribution in [2.24, 2.45) is 0 Å². The molecule has 5 rings (SSSR count). The van der Waals surface area contributed by atoms with Gasteiger partial charge in [-0.25, -0.2) is 4.98 Å². The van der Waals surface area contributed by atoms with Gasteiger partial charge in [0, 0.05) is 64.8 Å². The van der Waals surface area contributed by atoms with Crippen LogP contribution in [-0.4, -0.2) is 45.9 Å². The summed E-state index contributed by atoms with van der Waals surface area (Å²) in [6.45, 7) is 0. The van der Waals surface area contributed by atoms with Crippen LogP contribution in [0.1, 0.15) is 20.0 Å². The van der Waals surface area contributed by atoms with Crippen molar-refractivity contribution in [3.8, 4) is 16.9 Å². The zero-order valence-electron chi connectivity index (χ0n) is 17.9. The SMILES string of the molecule is CN(C)C(=O)c1cc(O)cc(NC(=O)c2cc3c(-c4cnc5[nH]ccc5c4)cccc3s2)c1. The van der Waals surface area contributed by atoms with Crippen molar-refractivity contribution in [3.05, 3.63) is 77.4 Å². The number of nitrogens with one attached hydrogen (secondary N) is 2. The van der Waals surface area contributed by atoms with Crippen LogP contribution in [0.3, 0.4) is 0 Å². The fraction of sp³-hybridized carbons (Fsp3) is 0.0800. The molecule has 0 saturated carbocycles. The first kappa shape index (κ1) is 20.7. The molecule has 0 bridgehead atoms. The number of aromatic amines is 1. The van der Waals surface area contributed by atoms with E-state index < -0.39 is 0 Å². The second kappa shape index (κ2) is 8.07. The number of carbonyl (C=O) groups is 2. The second-order valence-corrected chi connectivity index (χ2v) is 8.97. The molecule has 0 unspecified atom stereocenters. The van der Waals surface area contributed by atoms with Gasteiger partial charge < -0.3 is 20.3 Å². The van der Waals surface area contributed by atoms with Crippen LogP contribution in [0.4, 0.5) is 5.69 Å². The van der Waals surface area contributed by atoms with Crippen molar-refractivity contribution in [1.82, 2.24) is 14.9 Å². The Balaban J connectivity index is 1.48. The molecule has 164 valence electrons. The molecule has 2 amide bonds. The molecule has 3 heterocycles. The van der Waals surface area contributed by atoms with E-state index in [4.69, 9.17) is 0 Å². The number of phenolic OH excluding ortho intramolecular Hbond substituents is 1. The summed E-state index contributed by atoms with van der Waals surface area (Å²) in [5.41, 5.74) is 3.44. The molecule has 0 aliphatic rings. The molecule has 0 atom stereocenters. The van der Waals surface area contributed by atoms with Gasteiger partial charge in [-0.05, 0) is 42.0 Å². The maximum Gasteiger partial charge on any atom is 0.265 e. The van der Waals surface area contributed by atoms with Crippen LogP contribution >= 0.6 is 11.3 Å². The van der Waals surface area contributed by atoms with Crippen LogP contribution < -0.4 is 5.32 Å². The van der Waals surface area contributed by atoms with Gasteiger partial charge in [-0.1, -0.05) is 12.1 Å². The summed E-state index contributed by atoms with van der Waals surface area (Å²) < 4.78 is 0.978. The lowest BCUT2D eigenvalue weighted by molar-refractivity contribution is 0.0826. The van der Waals surface area contributed by atoms with Gasteiger partial charge in [-0.15, -0.1) is 11.3 Å². The molecule has 2 aromatic carbocycles. The molecule has 3 aromatic heterocycles. The number of nitrogens with zero attached hydrogens (tertiary/aromatic N) is 2. The third-order valence-electron chi connectivity index (χ3n) is 5.33. The molecule has 8 heteroatoms. The Kier molecular flexibility index (Phi) is 5.07. The van der Waals surface area contributed by atoms with Crippen molar-refractivity contribution in [2.75, 3.05) is 19.4 Å². The van der Waals surface area contributed by atoms with Gasteiger partial charge in [-0.2, -0.15) is 0 Å². The zero-order chi connectivity index (χ0) is 23.1. The lowest BCUT2D eigenvalue weighted by atomic mass is 10.0. The third-order valence-corrected chi connectivity index (χ3v) is 6.42. The highest BCUT2D eigenvalue weighted by Gasteiger charge is 2.16. The Morgan fingerprint density at radius 1 is 1.09 bits per heavy atom. The highest BCUT2D eigenvalue weighted by Crippen LogP contribution is 2.35. The topological polar surface area (TPSA) is 98.3 Å². The Morgan fingerprint density at radius 2 is 1.94 bits per heavy atom. The number of hydrogen-bond donors (Lipinski definition) is 3. The maximum absolute atomic E-state index is 13.0. The number of anilines is 1. The number of aromatic hydroxyl groups is 1. The molecule has 5 aromatic rings. The number of benzene rings is 2. The van der Waals surface area contributed by atoms with Crippen molar-refractivity contribution in [3.63, 3.8) is 0 Å². The number of hydrogen-bond acceptors (Lipinski definition) is 5. The zero-order valence-corrected chi connectivity index (χ0v) is 18.7. The number of thiophene rings is 1. The van der Waals surface area contributed by atoms with E-state index >= 15 is 0 Å². The predicted octanol–water partition coefficient (Wildman–Crippen LogP) is 5.10. The summed E-state index contributed by atoms with van der Waals surface area (Å²) >= 11 is 1.38. The van der Waals surface area contributed by atoms with E-state index in [0.717, 1.165) is 32.2 Å². The summed E-state index contributed by atoms with van der Waals surface area (Å²) in [5.74, 6) is -0.666. The van der Waals surface area contributed by atoms with Crippen LogP contribution in [0.2, 0.25) is 0 Å². The van der Waals surface area contributed by atoms with Crippen LogP contribution in [0, 0.1) is 0 Å². The van der Waals surface area contributed by atoms with Gasteiger partial charge in [0.25, 0.3) is 11.8 Å². The van der Waals surface area contributed by atoms with Crippen molar-refractivity contribution in [1.29, 1.82) is 0 Å². The number of rotatable bonds is 4. The molecule has 0 radical (unpaired) electrons. The molecule has 3 N–H and O–H groups in total. The third kappa shape index (κ3) is 3.92. The molecule has 33 heavy (non-hydrogen) atoms. The summed E-state index contributed by atoms with van der Waals surface area (Å²) in [7, 11) is 3.26. The van der Waals surface area contributed by atoms with Crippen LogP contribution in [0.15, 0.2) is 67.0 Å². The number of pyridine rings is 1. The first-order valence-electron chi connectivity index (χ1n) is 10.2. The normalized spacial score (nSPS) is 11.1. The number of amides is 2. The summed E-state index contributed by atoms with van der Waals surface area (Å²) in [4.78, 5) is 34.8. The van der Waals surface area contributed by atoms with E-state index in [-0.39, 0.29) is 17.6 Å². The minimum atomic E-state index is -0.310. The number of fused-ring (bicyclic) bond motifs is 2. The molecule has 0 saturated heterocycles. The summed E-state index contributed by atoms with van der Waals surface area (Å²) in [6, 6.07) is 16.2. The fourth-order valence-electron chi connectivity index (χ4n) is 3.77. The number of phenols is 1. The summed E-state index contributed by atoms with van der Waals surface area (Å²) in [6.07, 6.45) is 3.68. The standard InChI is InChI=1S/C25H20N4O3S/c1-29(2)25(32)15-9-17(11-18(30)10-15)28-24(31)22-12-20-19(4-3-5-21(20)33-22)16-8-14-6-7-26-23(14)27-13-16/h3-13,30H,1-2H3,(H,26,27)(H,28,31). The van der Waals surface area contributed by atoms with E-state index in [1.54, 1.807) is 20.2 Å². The number of aromatic nitrogens is 2. The van der Waals surface area contributed by atoms with Gasteiger partial charge in [0.2, 0.25) is 0 Å².